The maximum absolute atomic E-state index is 6.30. The number of ether oxygens (including phenoxy) is 1. The van der Waals surface area contributed by atoms with E-state index in [4.69, 9.17) is 10.5 Å². The molecule has 90 valence electrons. The van der Waals surface area contributed by atoms with Crippen LogP contribution in [0.4, 0.5) is 0 Å². The number of para-hydroxylation sites is 1. The van der Waals surface area contributed by atoms with E-state index in [9.17, 15) is 0 Å². The third kappa shape index (κ3) is 2.69. The first-order valence-electron chi connectivity index (χ1n) is 5.71. The molecule has 0 bridgehead atoms. The van der Waals surface area contributed by atoms with E-state index in [1.54, 1.807) is 7.11 Å². The second-order valence-corrected chi connectivity index (χ2v) is 4.31. The van der Waals surface area contributed by atoms with Gasteiger partial charge < -0.3 is 10.5 Å². The summed E-state index contributed by atoms with van der Waals surface area (Å²) in [4.78, 5) is 0. The minimum absolute atomic E-state index is 0. The molecule has 2 nitrogen and oxygen atoms in total. The van der Waals surface area contributed by atoms with Gasteiger partial charge in [-0.15, -0.1) is 12.4 Å². The van der Waals surface area contributed by atoms with Gasteiger partial charge in [0.05, 0.1) is 7.11 Å². The molecule has 2 N–H and O–H groups in total. The molecule has 1 aromatic rings. The summed E-state index contributed by atoms with van der Waals surface area (Å²) in [6, 6.07) is 8.24. The van der Waals surface area contributed by atoms with Crippen LogP contribution in [-0.2, 0) is 0 Å². The molecule has 0 amide bonds. The summed E-state index contributed by atoms with van der Waals surface area (Å²) in [5.74, 6) is 1.57. The topological polar surface area (TPSA) is 35.2 Å². The van der Waals surface area contributed by atoms with E-state index in [0.29, 0.717) is 5.92 Å². The average molecular weight is 242 g/mol. The van der Waals surface area contributed by atoms with Crippen LogP contribution in [0.25, 0.3) is 0 Å². The summed E-state index contributed by atoms with van der Waals surface area (Å²) in [7, 11) is 1.71. The fourth-order valence-electron chi connectivity index (χ4n) is 2.51. The van der Waals surface area contributed by atoms with Crippen molar-refractivity contribution in [3.63, 3.8) is 0 Å². The Balaban J connectivity index is 0.00000128. The van der Waals surface area contributed by atoms with Gasteiger partial charge in [-0.2, -0.15) is 0 Å². The van der Waals surface area contributed by atoms with E-state index in [2.05, 4.69) is 6.07 Å². The first-order valence-corrected chi connectivity index (χ1v) is 5.71. The molecule has 3 heteroatoms. The Morgan fingerprint density at radius 3 is 2.50 bits per heavy atom. The molecule has 0 aromatic heterocycles. The zero-order valence-corrected chi connectivity index (χ0v) is 10.5. The van der Waals surface area contributed by atoms with E-state index in [1.807, 2.05) is 18.2 Å². The third-order valence-corrected chi connectivity index (χ3v) is 3.41. The number of halogens is 1. The van der Waals surface area contributed by atoms with Gasteiger partial charge in [-0.25, -0.2) is 0 Å². The quantitative estimate of drug-likeness (QED) is 0.881. The highest BCUT2D eigenvalue weighted by atomic mass is 35.5. The van der Waals surface area contributed by atoms with Crippen molar-refractivity contribution in [2.75, 3.05) is 7.11 Å². The summed E-state index contributed by atoms with van der Waals surface area (Å²) >= 11 is 0. The van der Waals surface area contributed by atoms with Crippen LogP contribution in [-0.4, -0.2) is 7.11 Å². The highest BCUT2D eigenvalue weighted by Crippen LogP contribution is 2.37. The summed E-state index contributed by atoms with van der Waals surface area (Å²) in [6.07, 6.45) is 5.18. The van der Waals surface area contributed by atoms with Crippen molar-refractivity contribution in [1.82, 2.24) is 0 Å². The third-order valence-electron chi connectivity index (χ3n) is 3.41. The van der Waals surface area contributed by atoms with Gasteiger partial charge in [-0.1, -0.05) is 31.0 Å². The second-order valence-electron chi connectivity index (χ2n) is 4.31. The van der Waals surface area contributed by atoms with Crippen molar-refractivity contribution in [3.8, 4) is 5.75 Å². The van der Waals surface area contributed by atoms with Gasteiger partial charge in [-0.3, -0.25) is 0 Å². The molecule has 1 aliphatic carbocycles. The van der Waals surface area contributed by atoms with Crippen molar-refractivity contribution in [3.05, 3.63) is 29.8 Å². The standard InChI is InChI=1S/C13H19NO.ClH/c1-15-12-9-5-4-8-11(12)13(14)10-6-2-3-7-10;/h4-5,8-10,13H,2-3,6-7,14H2,1H3;1H/t13-;/m0./s1. The van der Waals surface area contributed by atoms with Crippen molar-refractivity contribution >= 4 is 12.4 Å². The van der Waals surface area contributed by atoms with Crippen LogP contribution in [0.5, 0.6) is 5.75 Å². The number of hydrogen-bond acceptors (Lipinski definition) is 2. The molecule has 1 aliphatic rings. The summed E-state index contributed by atoms with van der Waals surface area (Å²) in [5, 5.41) is 0. The fourth-order valence-corrected chi connectivity index (χ4v) is 2.51. The molecule has 0 radical (unpaired) electrons. The van der Waals surface area contributed by atoms with E-state index in [1.165, 1.54) is 25.7 Å². The molecule has 1 fully saturated rings. The largest absolute Gasteiger partial charge is 0.496 e. The summed E-state index contributed by atoms with van der Waals surface area (Å²) in [6.45, 7) is 0. The smallest absolute Gasteiger partial charge is 0.123 e. The lowest BCUT2D eigenvalue weighted by Gasteiger charge is -2.21. The van der Waals surface area contributed by atoms with Crippen molar-refractivity contribution in [2.24, 2.45) is 11.7 Å². The highest BCUT2D eigenvalue weighted by Gasteiger charge is 2.24. The fraction of sp³-hybridized carbons (Fsp3) is 0.538. The number of rotatable bonds is 3. The van der Waals surface area contributed by atoms with Gasteiger partial charge in [0, 0.05) is 11.6 Å². The minimum atomic E-state index is 0. The van der Waals surface area contributed by atoms with Crippen molar-refractivity contribution < 1.29 is 4.74 Å². The first-order chi connectivity index (χ1) is 7.33. The van der Waals surface area contributed by atoms with E-state index < -0.39 is 0 Å². The van der Waals surface area contributed by atoms with Crippen LogP contribution in [0.15, 0.2) is 24.3 Å². The molecule has 0 heterocycles. The second kappa shape index (κ2) is 6.12. The number of benzene rings is 1. The van der Waals surface area contributed by atoms with Gasteiger partial charge in [-0.05, 0) is 24.8 Å². The van der Waals surface area contributed by atoms with Crippen LogP contribution in [0.3, 0.4) is 0 Å². The predicted molar refractivity (Wildman–Crippen MR) is 69.1 cm³/mol. The van der Waals surface area contributed by atoms with Crippen molar-refractivity contribution in [1.29, 1.82) is 0 Å². The molecule has 0 saturated heterocycles. The Labute approximate surface area is 104 Å². The van der Waals surface area contributed by atoms with E-state index >= 15 is 0 Å². The van der Waals surface area contributed by atoms with Crippen LogP contribution >= 0.6 is 12.4 Å². The molecular formula is C13H20ClNO. The molecular weight excluding hydrogens is 222 g/mol. The highest BCUT2D eigenvalue weighted by molar-refractivity contribution is 5.85. The Bertz CT molecular complexity index is 323. The zero-order valence-electron chi connectivity index (χ0n) is 9.69. The zero-order chi connectivity index (χ0) is 10.7. The van der Waals surface area contributed by atoms with E-state index in [0.717, 1.165) is 11.3 Å². The summed E-state index contributed by atoms with van der Waals surface area (Å²) < 4.78 is 5.35. The lowest BCUT2D eigenvalue weighted by Crippen LogP contribution is -2.19. The molecule has 1 aromatic carbocycles. The molecule has 1 atom stereocenters. The van der Waals surface area contributed by atoms with Gasteiger partial charge in [0.25, 0.3) is 0 Å². The molecule has 1 saturated carbocycles. The van der Waals surface area contributed by atoms with Crippen LogP contribution in [0, 0.1) is 5.92 Å². The van der Waals surface area contributed by atoms with Gasteiger partial charge in [0.15, 0.2) is 0 Å². The minimum Gasteiger partial charge on any atom is -0.496 e. The Hall–Kier alpha value is -0.730. The van der Waals surface area contributed by atoms with Crippen LogP contribution in [0.2, 0.25) is 0 Å². The normalized spacial score (nSPS) is 17.9. The first kappa shape index (κ1) is 13.3. The van der Waals surface area contributed by atoms with Crippen molar-refractivity contribution in [2.45, 2.75) is 31.7 Å². The van der Waals surface area contributed by atoms with Crippen LogP contribution < -0.4 is 10.5 Å². The Morgan fingerprint density at radius 1 is 1.25 bits per heavy atom. The molecule has 2 rings (SSSR count). The number of nitrogens with two attached hydrogens (primary N) is 1. The monoisotopic (exact) mass is 241 g/mol. The number of hydrogen-bond donors (Lipinski definition) is 1. The lowest BCUT2D eigenvalue weighted by atomic mass is 9.92. The molecule has 0 spiro atoms. The van der Waals surface area contributed by atoms with Gasteiger partial charge >= 0.3 is 0 Å². The Kier molecular flexibility index (Phi) is 5.10. The predicted octanol–water partition coefficient (Wildman–Crippen LogP) is 3.31. The summed E-state index contributed by atoms with van der Waals surface area (Å²) in [5.41, 5.74) is 7.46. The van der Waals surface area contributed by atoms with Gasteiger partial charge in [0.1, 0.15) is 5.75 Å². The van der Waals surface area contributed by atoms with E-state index in [-0.39, 0.29) is 18.4 Å². The lowest BCUT2D eigenvalue weighted by molar-refractivity contribution is 0.385. The SMILES string of the molecule is COc1ccccc1[C@@H](N)C1CCCC1.Cl. The molecule has 0 aliphatic heterocycles. The molecule has 0 unspecified atom stereocenters. The number of methoxy groups -OCH3 is 1. The Morgan fingerprint density at radius 2 is 1.88 bits per heavy atom. The van der Waals surface area contributed by atoms with Gasteiger partial charge in [0.2, 0.25) is 0 Å². The van der Waals surface area contributed by atoms with Crippen LogP contribution in [0.1, 0.15) is 37.3 Å². The maximum Gasteiger partial charge on any atom is 0.123 e. The average Bonchev–Trinajstić information content (AvgIpc) is 2.81. The molecule has 16 heavy (non-hydrogen) atoms. The maximum atomic E-state index is 6.30.